The van der Waals surface area contributed by atoms with Crippen LogP contribution in [0.25, 0.3) is 11.2 Å². The second kappa shape index (κ2) is 2.49. The Morgan fingerprint density at radius 2 is 2.42 bits per heavy atom. The molecule has 0 unspecified atom stereocenters. The molecule has 0 amide bonds. The van der Waals surface area contributed by atoms with Crippen LogP contribution in [0.15, 0.2) is 11.1 Å². The van der Waals surface area contributed by atoms with Crippen molar-refractivity contribution >= 4 is 28.9 Å². The lowest BCUT2D eigenvalue weighted by Gasteiger charge is -1.93. The van der Waals surface area contributed by atoms with E-state index in [-0.39, 0.29) is 11.5 Å². The molecule has 0 aliphatic rings. The minimum Gasteiger partial charge on any atom is -0.339 e. The zero-order valence-electron chi connectivity index (χ0n) is 5.76. The Morgan fingerprint density at radius 3 is 3.17 bits per heavy atom. The summed E-state index contributed by atoms with van der Waals surface area (Å²) in [7, 11) is 0. The van der Waals surface area contributed by atoms with E-state index >= 15 is 0 Å². The number of anilines is 1. The Morgan fingerprint density at radius 1 is 1.58 bits per heavy atom. The lowest BCUT2D eigenvalue weighted by Crippen LogP contribution is -2.09. The van der Waals surface area contributed by atoms with Crippen molar-refractivity contribution in [3.05, 3.63) is 16.7 Å². The van der Waals surface area contributed by atoms with Gasteiger partial charge >= 0.3 is 0 Å². The number of rotatable bonds is 1. The fraction of sp³-hybridized carbons (Fsp3) is 0. The molecular weight excluding hydrogens is 182 g/mol. The number of aromatic amines is 2. The minimum absolute atomic E-state index is 0.182. The number of imidazole rings is 1. The van der Waals surface area contributed by atoms with Gasteiger partial charge in [-0.05, 0) is 0 Å². The predicted octanol–water partition coefficient (Wildman–Crippen LogP) is 0.212. The van der Waals surface area contributed by atoms with E-state index in [4.69, 9.17) is 11.8 Å². The van der Waals surface area contributed by atoms with E-state index in [0.717, 1.165) is 0 Å². The van der Waals surface area contributed by atoms with Gasteiger partial charge in [-0.25, -0.2) is 4.98 Å². The Hall–Kier alpha value is -1.56. The zero-order valence-corrected chi connectivity index (χ0v) is 6.51. The minimum atomic E-state index is -0.305. The van der Waals surface area contributed by atoms with Crippen LogP contribution in [0.5, 0.6) is 0 Å². The molecule has 0 aliphatic heterocycles. The van der Waals surface area contributed by atoms with E-state index in [2.05, 4.69) is 24.8 Å². The predicted molar refractivity (Wildman–Crippen MR) is 44.0 cm³/mol. The summed E-state index contributed by atoms with van der Waals surface area (Å²) in [5.74, 6) is 0.182. The van der Waals surface area contributed by atoms with Gasteiger partial charge in [0.25, 0.3) is 5.56 Å². The van der Waals surface area contributed by atoms with Gasteiger partial charge in [0.2, 0.25) is 5.95 Å². The van der Waals surface area contributed by atoms with E-state index in [1.807, 2.05) is 0 Å². The van der Waals surface area contributed by atoms with Crippen LogP contribution >= 0.6 is 11.8 Å². The molecule has 2 rings (SSSR count). The maximum Gasteiger partial charge on any atom is 0.278 e. The number of nitrogens with one attached hydrogen (secondary N) is 3. The van der Waals surface area contributed by atoms with Gasteiger partial charge in [-0.1, -0.05) is 0 Å². The lowest BCUT2D eigenvalue weighted by atomic mass is 10.5. The van der Waals surface area contributed by atoms with Crippen molar-refractivity contribution in [1.82, 2.24) is 19.9 Å². The number of halogens is 1. The van der Waals surface area contributed by atoms with Gasteiger partial charge in [-0.15, -0.1) is 0 Å². The summed E-state index contributed by atoms with van der Waals surface area (Å²) in [6, 6.07) is 0. The largest absolute Gasteiger partial charge is 0.339 e. The third-order valence-electron chi connectivity index (χ3n) is 1.39. The highest BCUT2D eigenvalue weighted by atomic mass is 35.5. The topological polar surface area (TPSA) is 86.5 Å². The summed E-state index contributed by atoms with van der Waals surface area (Å²) >= 11 is 5.25. The Labute approximate surface area is 71.1 Å². The lowest BCUT2D eigenvalue weighted by molar-refractivity contribution is 1.17. The van der Waals surface area contributed by atoms with Crippen molar-refractivity contribution in [1.29, 1.82) is 0 Å². The standard InChI is InChI=1S/C5H4ClN5O/c6-11-5-9-3-2(4(12)10-5)7-1-8-3/h1H,(H3,7,8,9,10,11,12). The molecule has 0 atom stereocenters. The molecular formula is C5H4ClN5O. The second-order valence-electron chi connectivity index (χ2n) is 2.11. The number of aromatic nitrogens is 4. The Bertz CT molecular complexity index is 460. The molecule has 7 heteroatoms. The summed E-state index contributed by atoms with van der Waals surface area (Å²) in [4.78, 5) is 26.1. The van der Waals surface area contributed by atoms with Crippen molar-refractivity contribution in [2.45, 2.75) is 0 Å². The second-order valence-corrected chi connectivity index (χ2v) is 2.30. The SMILES string of the molecule is O=c1[nH]c(NCl)nc2nc[nH]c12. The first-order valence-corrected chi connectivity index (χ1v) is 3.49. The van der Waals surface area contributed by atoms with Crippen molar-refractivity contribution in [2.24, 2.45) is 0 Å². The average molecular weight is 186 g/mol. The highest BCUT2D eigenvalue weighted by molar-refractivity contribution is 6.23. The number of hydrogen-bond donors (Lipinski definition) is 3. The highest BCUT2D eigenvalue weighted by Crippen LogP contribution is 2.02. The average Bonchev–Trinajstić information content (AvgIpc) is 2.52. The highest BCUT2D eigenvalue weighted by Gasteiger charge is 2.03. The maximum atomic E-state index is 11.2. The van der Waals surface area contributed by atoms with Crippen LogP contribution in [0.4, 0.5) is 5.95 Å². The number of H-pyrrole nitrogens is 2. The molecule has 0 radical (unpaired) electrons. The van der Waals surface area contributed by atoms with Crippen LogP contribution in [-0.4, -0.2) is 19.9 Å². The van der Waals surface area contributed by atoms with Gasteiger partial charge in [-0.3, -0.25) is 14.6 Å². The molecule has 2 aromatic rings. The van der Waals surface area contributed by atoms with Crippen molar-refractivity contribution in [2.75, 3.05) is 4.84 Å². The van der Waals surface area contributed by atoms with Gasteiger partial charge in [0, 0.05) is 11.8 Å². The van der Waals surface area contributed by atoms with E-state index in [0.29, 0.717) is 11.2 Å². The number of nitrogens with zero attached hydrogens (tertiary/aromatic N) is 2. The third kappa shape index (κ3) is 0.928. The van der Waals surface area contributed by atoms with Gasteiger partial charge in [-0.2, -0.15) is 4.98 Å². The molecule has 2 heterocycles. The number of fused-ring (bicyclic) bond motifs is 1. The molecule has 6 nitrogen and oxygen atoms in total. The van der Waals surface area contributed by atoms with Gasteiger partial charge < -0.3 is 4.98 Å². The molecule has 0 bridgehead atoms. The molecule has 0 aromatic carbocycles. The summed E-state index contributed by atoms with van der Waals surface area (Å²) < 4.78 is 0. The van der Waals surface area contributed by atoms with Crippen LogP contribution < -0.4 is 10.4 Å². The molecule has 0 fully saturated rings. The van der Waals surface area contributed by atoms with E-state index in [1.165, 1.54) is 6.33 Å². The van der Waals surface area contributed by atoms with Crippen molar-refractivity contribution < 1.29 is 0 Å². The molecule has 0 spiro atoms. The van der Waals surface area contributed by atoms with Crippen LogP contribution in [0.1, 0.15) is 0 Å². The Balaban J connectivity index is 2.84. The van der Waals surface area contributed by atoms with Crippen LogP contribution in [0.3, 0.4) is 0 Å². The molecule has 62 valence electrons. The molecule has 0 saturated carbocycles. The normalized spacial score (nSPS) is 10.4. The van der Waals surface area contributed by atoms with Crippen LogP contribution in [-0.2, 0) is 0 Å². The summed E-state index contributed by atoms with van der Waals surface area (Å²) in [6.07, 6.45) is 1.39. The van der Waals surface area contributed by atoms with Crippen molar-refractivity contribution in [3.63, 3.8) is 0 Å². The zero-order chi connectivity index (χ0) is 8.55. The molecule has 0 aliphatic carbocycles. The van der Waals surface area contributed by atoms with Gasteiger partial charge in [0.1, 0.15) is 0 Å². The van der Waals surface area contributed by atoms with Gasteiger partial charge in [0.15, 0.2) is 11.2 Å². The fourth-order valence-electron chi connectivity index (χ4n) is 0.888. The van der Waals surface area contributed by atoms with E-state index < -0.39 is 0 Å². The van der Waals surface area contributed by atoms with Crippen LogP contribution in [0.2, 0.25) is 0 Å². The molecule has 12 heavy (non-hydrogen) atoms. The quantitative estimate of drug-likeness (QED) is 0.555. The first-order valence-electron chi connectivity index (χ1n) is 3.11. The summed E-state index contributed by atoms with van der Waals surface area (Å²) in [5.41, 5.74) is 0.369. The van der Waals surface area contributed by atoms with E-state index in [9.17, 15) is 4.79 Å². The molecule has 3 N–H and O–H groups in total. The van der Waals surface area contributed by atoms with Gasteiger partial charge in [0.05, 0.1) is 6.33 Å². The molecule has 0 saturated heterocycles. The summed E-state index contributed by atoms with van der Waals surface area (Å²) in [5, 5.41) is 0. The Kier molecular flexibility index (Phi) is 1.47. The third-order valence-corrected chi connectivity index (χ3v) is 1.56. The fourth-order valence-corrected chi connectivity index (χ4v) is 0.977. The number of hydrogen-bond acceptors (Lipinski definition) is 4. The van der Waals surface area contributed by atoms with Crippen molar-refractivity contribution in [3.8, 4) is 0 Å². The van der Waals surface area contributed by atoms with Crippen LogP contribution in [0, 0.1) is 0 Å². The molecule has 2 aromatic heterocycles. The smallest absolute Gasteiger partial charge is 0.278 e. The monoisotopic (exact) mass is 185 g/mol. The van der Waals surface area contributed by atoms with E-state index in [1.54, 1.807) is 0 Å². The maximum absolute atomic E-state index is 11.2. The summed E-state index contributed by atoms with van der Waals surface area (Å²) in [6.45, 7) is 0. The first kappa shape index (κ1) is 7.11. The first-order chi connectivity index (χ1) is 5.81.